The van der Waals surface area contributed by atoms with Gasteiger partial charge in [-0.3, -0.25) is 9.69 Å². The van der Waals surface area contributed by atoms with E-state index in [4.69, 9.17) is 4.74 Å². The number of carbonyl (C=O) groups is 1. The summed E-state index contributed by atoms with van der Waals surface area (Å²) in [7, 11) is 3.56. The Kier molecular flexibility index (Phi) is 7.14. The minimum absolute atomic E-state index is 0.0357. The van der Waals surface area contributed by atoms with Gasteiger partial charge in [-0.25, -0.2) is 4.99 Å². The third kappa shape index (κ3) is 5.33. The lowest BCUT2D eigenvalue weighted by molar-refractivity contribution is -0.127. The van der Waals surface area contributed by atoms with E-state index in [1.807, 2.05) is 0 Å². The lowest BCUT2D eigenvalue weighted by Crippen LogP contribution is -2.46. The van der Waals surface area contributed by atoms with Crippen LogP contribution in [-0.4, -0.2) is 98.7 Å². The monoisotopic (exact) mass is 365 g/mol. The van der Waals surface area contributed by atoms with Crippen LogP contribution in [0.15, 0.2) is 4.99 Å². The van der Waals surface area contributed by atoms with Crippen molar-refractivity contribution in [3.05, 3.63) is 0 Å². The van der Waals surface area contributed by atoms with Crippen molar-refractivity contribution in [2.24, 2.45) is 4.99 Å². The molecule has 0 aliphatic carbocycles. The summed E-state index contributed by atoms with van der Waals surface area (Å²) in [4.78, 5) is 23.2. The van der Waals surface area contributed by atoms with Crippen LogP contribution in [0.25, 0.3) is 0 Å². The van der Waals surface area contributed by atoms with Crippen LogP contribution in [0, 0.1) is 0 Å². The van der Waals surface area contributed by atoms with Gasteiger partial charge in [-0.2, -0.15) is 0 Å². The summed E-state index contributed by atoms with van der Waals surface area (Å²) >= 11 is 0. The Morgan fingerprint density at radius 2 is 1.96 bits per heavy atom. The van der Waals surface area contributed by atoms with Crippen molar-refractivity contribution >= 4 is 11.9 Å². The molecule has 3 fully saturated rings. The lowest BCUT2D eigenvalue weighted by Gasteiger charge is -2.28. The number of ether oxygens (including phenoxy) is 1. The van der Waals surface area contributed by atoms with E-state index >= 15 is 0 Å². The average Bonchev–Trinajstić information content (AvgIpc) is 3.33. The summed E-state index contributed by atoms with van der Waals surface area (Å²) in [5, 5.41) is 3.50. The molecule has 3 saturated heterocycles. The zero-order valence-corrected chi connectivity index (χ0v) is 16.5. The van der Waals surface area contributed by atoms with E-state index in [0.29, 0.717) is 6.04 Å². The Morgan fingerprint density at radius 1 is 1.15 bits per heavy atom. The molecule has 148 valence electrons. The van der Waals surface area contributed by atoms with E-state index in [2.05, 4.69) is 20.1 Å². The summed E-state index contributed by atoms with van der Waals surface area (Å²) in [6.45, 7) is 6.31. The predicted octanol–water partition coefficient (Wildman–Crippen LogP) is 0.759. The summed E-state index contributed by atoms with van der Waals surface area (Å²) in [5.41, 5.74) is 0. The molecule has 0 radical (unpaired) electrons. The molecule has 2 atom stereocenters. The number of amides is 1. The maximum absolute atomic E-state index is 12.0. The van der Waals surface area contributed by atoms with E-state index in [9.17, 15) is 4.79 Å². The third-order valence-corrected chi connectivity index (χ3v) is 5.74. The Bertz CT molecular complexity index is 484. The first-order chi connectivity index (χ1) is 12.6. The van der Waals surface area contributed by atoms with Crippen LogP contribution in [-0.2, 0) is 9.53 Å². The van der Waals surface area contributed by atoms with Gasteiger partial charge >= 0.3 is 0 Å². The molecule has 3 rings (SSSR count). The second kappa shape index (κ2) is 9.55. The van der Waals surface area contributed by atoms with Crippen LogP contribution in [0.3, 0.4) is 0 Å². The van der Waals surface area contributed by atoms with Crippen LogP contribution < -0.4 is 5.32 Å². The first kappa shape index (κ1) is 19.4. The Balaban J connectivity index is 1.58. The number of hydrogen-bond donors (Lipinski definition) is 1. The van der Waals surface area contributed by atoms with Crippen LogP contribution in [0.4, 0.5) is 0 Å². The summed E-state index contributed by atoms with van der Waals surface area (Å²) < 4.78 is 5.84. The molecule has 1 amide bonds. The Labute approximate surface area is 157 Å². The molecule has 0 spiro atoms. The number of guanidine groups is 1. The second-order valence-electron chi connectivity index (χ2n) is 7.93. The van der Waals surface area contributed by atoms with Gasteiger partial charge in [-0.05, 0) is 51.6 Å². The Morgan fingerprint density at radius 3 is 2.65 bits per heavy atom. The topological polar surface area (TPSA) is 60.4 Å². The molecule has 3 aliphatic rings. The summed E-state index contributed by atoms with van der Waals surface area (Å²) in [5.74, 6) is 0.907. The molecule has 26 heavy (non-hydrogen) atoms. The van der Waals surface area contributed by atoms with Gasteiger partial charge in [0.15, 0.2) is 5.96 Å². The molecule has 0 aromatic heterocycles. The van der Waals surface area contributed by atoms with E-state index in [0.717, 1.165) is 38.6 Å². The van der Waals surface area contributed by atoms with Gasteiger partial charge < -0.3 is 19.9 Å². The molecule has 1 N–H and O–H groups in total. The molecule has 0 aromatic rings. The van der Waals surface area contributed by atoms with Gasteiger partial charge in [0, 0.05) is 46.4 Å². The fraction of sp³-hybridized carbons (Fsp3) is 0.895. The number of nitrogens with zero attached hydrogens (tertiary/aromatic N) is 4. The SMILES string of the molecule is CN(C)C(=O)CN=C(NCC1CCCCO1)N1CCC(N2CCCC2)C1. The second-order valence-corrected chi connectivity index (χ2v) is 7.93. The molecular weight excluding hydrogens is 330 g/mol. The quantitative estimate of drug-likeness (QED) is 0.576. The minimum atomic E-state index is 0.0357. The standard InChI is InChI=1S/C19H35N5O2/c1-22(2)18(25)14-21-19(20-13-17-7-3-6-12-26-17)24-11-8-16(15-24)23-9-4-5-10-23/h16-17H,3-15H2,1-2H3,(H,20,21). The highest BCUT2D eigenvalue weighted by Crippen LogP contribution is 2.20. The van der Waals surface area contributed by atoms with Gasteiger partial charge in [0.1, 0.15) is 6.54 Å². The first-order valence-electron chi connectivity index (χ1n) is 10.2. The fourth-order valence-corrected chi connectivity index (χ4v) is 4.06. The molecule has 3 aliphatic heterocycles. The van der Waals surface area contributed by atoms with Crippen molar-refractivity contribution in [3.63, 3.8) is 0 Å². The van der Waals surface area contributed by atoms with Gasteiger partial charge in [-0.15, -0.1) is 0 Å². The smallest absolute Gasteiger partial charge is 0.243 e. The molecular formula is C19H35N5O2. The number of likely N-dealkylation sites (N-methyl/N-ethyl adjacent to an activating group) is 1. The number of aliphatic imine (C=N–C) groups is 1. The zero-order chi connectivity index (χ0) is 18.4. The molecule has 0 bridgehead atoms. The maximum atomic E-state index is 12.0. The van der Waals surface area contributed by atoms with Gasteiger partial charge in [-0.1, -0.05) is 0 Å². The molecule has 7 nitrogen and oxygen atoms in total. The van der Waals surface area contributed by atoms with Crippen LogP contribution in [0.1, 0.15) is 38.5 Å². The fourth-order valence-electron chi connectivity index (χ4n) is 4.06. The van der Waals surface area contributed by atoms with Crippen molar-refractivity contribution in [3.8, 4) is 0 Å². The van der Waals surface area contributed by atoms with Crippen molar-refractivity contribution < 1.29 is 9.53 Å². The number of carbonyl (C=O) groups excluding carboxylic acids is 1. The summed E-state index contributed by atoms with van der Waals surface area (Å²) in [6.07, 6.45) is 7.60. The highest BCUT2D eigenvalue weighted by Gasteiger charge is 2.31. The van der Waals surface area contributed by atoms with E-state index in [-0.39, 0.29) is 18.6 Å². The van der Waals surface area contributed by atoms with Crippen LogP contribution in [0.2, 0.25) is 0 Å². The minimum Gasteiger partial charge on any atom is -0.376 e. The largest absolute Gasteiger partial charge is 0.376 e. The third-order valence-electron chi connectivity index (χ3n) is 5.74. The number of rotatable bonds is 5. The van der Waals surface area contributed by atoms with Gasteiger partial charge in [0.05, 0.1) is 6.10 Å². The highest BCUT2D eigenvalue weighted by molar-refractivity contribution is 5.85. The van der Waals surface area contributed by atoms with E-state index in [1.54, 1.807) is 19.0 Å². The summed E-state index contributed by atoms with van der Waals surface area (Å²) in [6, 6.07) is 0.625. The highest BCUT2D eigenvalue weighted by atomic mass is 16.5. The maximum Gasteiger partial charge on any atom is 0.243 e. The van der Waals surface area contributed by atoms with Gasteiger partial charge in [0.2, 0.25) is 5.91 Å². The number of likely N-dealkylation sites (tertiary alicyclic amines) is 2. The van der Waals surface area contributed by atoms with Crippen LogP contribution >= 0.6 is 0 Å². The predicted molar refractivity (Wildman–Crippen MR) is 103 cm³/mol. The van der Waals surface area contributed by atoms with Crippen molar-refractivity contribution in [2.45, 2.75) is 50.7 Å². The van der Waals surface area contributed by atoms with Crippen molar-refractivity contribution in [2.75, 3.05) is 60.0 Å². The first-order valence-corrected chi connectivity index (χ1v) is 10.2. The molecule has 3 heterocycles. The molecule has 0 aromatic carbocycles. The van der Waals surface area contributed by atoms with Gasteiger partial charge in [0.25, 0.3) is 0 Å². The average molecular weight is 366 g/mol. The lowest BCUT2D eigenvalue weighted by atomic mass is 10.1. The normalized spacial score (nSPS) is 27.8. The van der Waals surface area contributed by atoms with Crippen LogP contribution in [0.5, 0.6) is 0 Å². The van der Waals surface area contributed by atoms with Crippen molar-refractivity contribution in [1.29, 1.82) is 0 Å². The van der Waals surface area contributed by atoms with E-state index < -0.39 is 0 Å². The number of nitrogens with one attached hydrogen (secondary N) is 1. The Hall–Kier alpha value is -1.34. The van der Waals surface area contributed by atoms with E-state index in [1.165, 1.54) is 45.2 Å². The van der Waals surface area contributed by atoms with Crippen molar-refractivity contribution in [1.82, 2.24) is 20.0 Å². The molecule has 7 heteroatoms. The zero-order valence-electron chi connectivity index (χ0n) is 16.5. The molecule has 2 unspecified atom stereocenters. The molecule has 0 saturated carbocycles. The number of hydrogen-bond acceptors (Lipinski definition) is 4.